The van der Waals surface area contributed by atoms with Crippen LogP contribution in [0.1, 0.15) is 6.42 Å². The minimum Gasteiger partial charge on any atom is -0.313 e. The van der Waals surface area contributed by atoms with Crippen molar-refractivity contribution in [1.29, 1.82) is 0 Å². The highest BCUT2D eigenvalue weighted by Gasteiger charge is 2.22. The Morgan fingerprint density at radius 2 is 2.22 bits per heavy atom. The molecule has 1 rings (SSSR count). The molecule has 1 aliphatic rings. The number of halogens is 1. The van der Waals surface area contributed by atoms with Gasteiger partial charge >= 0.3 is 10.2 Å². The van der Waals surface area contributed by atoms with Crippen molar-refractivity contribution in [2.45, 2.75) is 12.5 Å². The molecule has 1 N–H and O–H groups in total. The van der Waals surface area contributed by atoms with E-state index in [0.29, 0.717) is 0 Å². The van der Waals surface area contributed by atoms with Gasteiger partial charge in [0.25, 0.3) is 0 Å². The van der Waals surface area contributed by atoms with Gasteiger partial charge in [-0.3, -0.25) is 0 Å². The summed E-state index contributed by atoms with van der Waals surface area (Å²) >= 11 is 0. The van der Waals surface area contributed by atoms with Gasteiger partial charge in [0.2, 0.25) is 0 Å². The number of rotatable bonds is 2. The average molecular weight is 153 g/mol. The standard InChI is InChI=1S/C4H8FNO2S/c5-9(7,8)3-4-1-2-6-4/h4,6H,1-3H2. The maximum Gasteiger partial charge on any atom is 0.303 e. The summed E-state index contributed by atoms with van der Waals surface area (Å²) in [6.07, 6.45) is 0.767. The van der Waals surface area contributed by atoms with Gasteiger partial charge in [0, 0.05) is 6.04 Å². The topological polar surface area (TPSA) is 46.2 Å². The van der Waals surface area contributed by atoms with Crippen LogP contribution < -0.4 is 5.32 Å². The summed E-state index contributed by atoms with van der Waals surface area (Å²) in [5, 5.41) is 2.78. The van der Waals surface area contributed by atoms with Crippen LogP contribution in [0.4, 0.5) is 3.89 Å². The van der Waals surface area contributed by atoms with E-state index in [-0.39, 0.29) is 11.8 Å². The fourth-order valence-corrected chi connectivity index (χ4v) is 1.50. The Labute approximate surface area is 53.5 Å². The van der Waals surface area contributed by atoms with Crippen molar-refractivity contribution in [1.82, 2.24) is 5.32 Å². The summed E-state index contributed by atoms with van der Waals surface area (Å²) in [5.74, 6) is -0.368. The zero-order chi connectivity index (χ0) is 6.91. The first kappa shape index (κ1) is 6.95. The van der Waals surface area contributed by atoms with Crippen LogP contribution in [0, 0.1) is 0 Å². The van der Waals surface area contributed by atoms with Crippen LogP contribution in [-0.2, 0) is 10.2 Å². The van der Waals surface area contributed by atoms with E-state index < -0.39 is 10.2 Å². The predicted molar refractivity (Wildman–Crippen MR) is 31.3 cm³/mol. The number of hydrogen-bond acceptors (Lipinski definition) is 3. The Bertz CT molecular complexity index is 185. The summed E-state index contributed by atoms with van der Waals surface area (Å²) in [4.78, 5) is 0. The molecule has 1 unspecified atom stereocenters. The highest BCUT2D eigenvalue weighted by atomic mass is 32.3. The van der Waals surface area contributed by atoms with Crippen LogP contribution in [0.25, 0.3) is 0 Å². The van der Waals surface area contributed by atoms with Gasteiger partial charge in [-0.25, -0.2) is 0 Å². The van der Waals surface area contributed by atoms with Crippen LogP contribution >= 0.6 is 0 Å². The lowest BCUT2D eigenvalue weighted by Crippen LogP contribution is -2.46. The van der Waals surface area contributed by atoms with Crippen molar-refractivity contribution >= 4 is 10.2 Å². The molecule has 0 amide bonds. The van der Waals surface area contributed by atoms with Gasteiger partial charge in [0.05, 0.1) is 5.75 Å². The molecule has 0 aliphatic carbocycles. The van der Waals surface area contributed by atoms with Crippen LogP contribution in [0.15, 0.2) is 0 Å². The molecular formula is C4H8FNO2S. The van der Waals surface area contributed by atoms with Gasteiger partial charge in [-0.15, -0.1) is 3.89 Å². The Balaban J connectivity index is 2.33. The SMILES string of the molecule is O=S(=O)(F)CC1CCN1. The molecular weight excluding hydrogens is 145 g/mol. The van der Waals surface area contributed by atoms with Crippen LogP contribution in [0.2, 0.25) is 0 Å². The lowest BCUT2D eigenvalue weighted by atomic mass is 10.1. The molecule has 3 nitrogen and oxygen atoms in total. The normalized spacial score (nSPS) is 27.4. The van der Waals surface area contributed by atoms with Crippen LogP contribution in [-0.4, -0.2) is 26.8 Å². The second kappa shape index (κ2) is 2.22. The first-order chi connectivity index (χ1) is 4.08. The summed E-state index contributed by atoms with van der Waals surface area (Å²) in [5.41, 5.74) is 0. The third-order valence-corrected chi connectivity index (χ3v) is 2.13. The van der Waals surface area contributed by atoms with E-state index in [1.54, 1.807) is 0 Å². The fourth-order valence-electron chi connectivity index (χ4n) is 0.731. The fraction of sp³-hybridized carbons (Fsp3) is 1.00. The van der Waals surface area contributed by atoms with Gasteiger partial charge in [-0.1, -0.05) is 0 Å². The largest absolute Gasteiger partial charge is 0.313 e. The van der Waals surface area contributed by atoms with Crippen molar-refractivity contribution in [3.05, 3.63) is 0 Å². The zero-order valence-corrected chi connectivity index (χ0v) is 5.62. The first-order valence-corrected chi connectivity index (χ1v) is 4.29. The second-order valence-corrected chi connectivity index (χ2v) is 3.56. The minimum absolute atomic E-state index is 0.139. The van der Waals surface area contributed by atoms with Gasteiger partial charge in [-0.05, 0) is 13.0 Å². The van der Waals surface area contributed by atoms with E-state index in [2.05, 4.69) is 5.32 Å². The predicted octanol–water partition coefficient (Wildman–Crippen LogP) is -0.352. The molecule has 0 aromatic carbocycles. The monoisotopic (exact) mass is 153 g/mol. The van der Waals surface area contributed by atoms with Crippen molar-refractivity contribution < 1.29 is 12.3 Å². The molecule has 0 spiro atoms. The molecule has 5 heteroatoms. The molecule has 1 fully saturated rings. The Kier molecular flexibility index (Phi) is 1.72. The highest BCUT2D eigenvalue weighted by molar-refractivity contribution is 7.86. The van der Waals surface area contributed by atoms with Gasteiger partial charge in [0.15, 0.2) is 0 Å². The van der Waals surface area contributed by atoms with Crippen molar-refractivity contribution in [2.75, 3.05) is 12.3 Å². The molecule has 0 radical (unpaired) electrons. The number of hydrogen-bond donors (Lipinski definition) is 1. The Morgan fingerprint density at radius 1 is 1.67 bits per heavy atom. The van der Waals surface area contributed by atoms with Crippen molar-refractivity contribution in [2.24, 2.45) is 0 Å². The molecule has 1 saturated heterocycles. The summed E-state index contributed by atoms with van der Waals surface area (Å²) in [7, 11) is -4.25. The van der Waals surface area contributed by atoms with E-state index in [0.717, 1.165) is 13.0 Å². The smallest absolute Gasteiger partial charge is 0.303 e. The van der Waals surface area contributed by atoms with Crippen molar-refractivity contribution in [3.63, 3.8) is 0 Å². The van der Waals surface area contributed by atoms with Crippen LogP contribution in [0.3, 0.4) is 0 Å². The minimum atomic E-state index is -4.25. The van der Waals surface area contributed by atoms with E-state index in [1.165, 1.54) is 0 Å². The molecule has 1 aliphatic heterocycles. The average Bonchev–Trinajstić information content (AvgIpc) is 1.53. The van der Waals surface area contributed by atoms with Gasteiger partial charge in [0.1, 0.15) is 0 Å². The lowest BCUT2D eigenvalue weighted by molar-refractivity contribution is 0.394. The van der Waals surface area contributed by atoms with E-state index in [9.17, 15) is 12.3 Å². The molecule has 0 saturated carbocycles. The van der Waals surface area contributed by atoms with Gasteiger partial charge in [-0.2, -0.15) is 8.42 Å². The van der Waals surface area contributed by atoms with E-state index >= 15 is 0 Å². The molecule has 9 heavy (non-hydrogen) atoms. The molecule has 0 aromatic rings. The van der Waals surface area contributed by atoms with E-state index in [1.807, 2.05) is 0 Å². The molecule has 1 heterocycles. The molecule has 0 bridgehead atoms. The van der Waals surface area contributed by atoms with E-state index in [4.69, 9.17) is 0 Å². The lowest BCUT2D eigenvalue weighted by Gasteiger charge is -2.25. The highest BCUT2D eigenvalue weighted by Crippen LogP contribution is 2.05. The molecule has 1 atom stereocenters. The third kappa shape index (κ3) is 2.28. The summed E-state index contributed by atoms with van der Waals surface area (Å²) < 4.78 is 31.6. The van der Waals surface area contributed by atoms with Gasteiger partial charge < -0.3 is 5.32 Å². The quantitative estimate of drug-likeness (QED) is 0.551. The third-order valence-electron chi connectivity index (χ3n) is 1.33. The number of nitrogens with one attached hydrogen (secondary N) is 1. The Hall–Kier alpha value is -0.160. The summed E-state index contributed by atoms with van der Waals surface area (Å²) in [6.45, 7) is 0.806. The van der Waals surface area contributed by atoms with Crippen LogP contribution in [0.5, 0.6) is 0 Å². The summed E-state index contributed by atoms with van der Waals surface area (Å²) in [6, 6.07) is -0.139. The maximum absolute atomic E-state index is 11.8. The zero-order valence-electron chi connectivity index (χ0n) is 4.80. The molecule has 54 valence electrons. The van der Waals surface area contributed by atoms with Crippen molar-refractivity contribution in [3.8, 4) is 0 Å². The Morgan fingerprint density at radius 3 is 2.33 bits per heavy atom. The maximum atomic E-state index is 11.8. The molecule has 0 aromatic heterocycles. The first-order valence-electron chi connectivity index (χ1n) is 2.74. The second-order valence-electron chi connectivity index (χ2n) is 2.15.